The molecule has 0 saturated heterocycles. The van der Waals surface area contributed by atoms with Crippen molar-refractivity contribution in [3.05, 3.63) is 179 Å². The lowest BCUT2D eigenvalue weighted by molar-refractivity contribution is -0.129. The van der Waals surface area contributed by atoms with E-state index in [1.807, 2.05) is 152 Å². The highest BCUT2D eigenvalue weighted by Crippen LogP contribution is 2.40. The summed E-state index contributed by atoms with van der Waals surface area (Å²) in [6, 6.07) is 47.4. The Morgan fingerprint density at radius 1 is 0.513 bits per heavy atom. The van der Waals surface area contributed by atoms with Gasteiger partial charge in [0.2, 0.25) is 11.8 Å². The van der Waals surface area contributed by atoms with Crippen LogP contribution in [-0.4, -0.2) is 17.9 Å². The fourth-order valence-corrected chi connectivity index (χ4v) is 5.42. The molecule has 4 heteroatoms. The largest absolute Gasteiger partial charge is 0.368 e. The average molecular weight is 511 g/mol. The monoisotopic (exact) mass is 510 g/mol. The molecule has 0 bridgehead atoms. The van der Waals surface area contributed by atoms with Gasteiger partial charge in [-0.15, -0.1) is 0 Å². The van der Waals surface area contributed by atoms with Crippen molar-refractivity contribution in [3.8, 4) is 0 Å². The molecule has 39 heavy (non-hydrogen) atoms. The second-order valence-corrected chi connectivity index (χ2v) is 9.50. The molecule has 0 aromatic heterocycles. The number of carbonyl (C=O) groups excluding carboxylic acids is 2. The lowest BCUT2D eigenvalue weighted by atomic mass is 9.68. The molecule has 1 atom stereocenters. The van der Waals surface area contributed by atoms with Crippen LogP contribution in [-0.2, 0) is 15.0 Å². The van der Waals surface area contributed by atoms with E-state index in [9.17, 15) is 9.59 Å². The maximum atomic E-state index is 14.8. The van der Waals surface area contributed by atoms with Crippen molar-refractivity contribution in [1.82, 2.24) is 5.32 Å². The molecule has 0 spiro atoms. The first-order valence-electron chi connectivity index (χ1n) is 13.0. The summed E-state index contributed by atoms with van der Waals surface area (Å²) >= 11 is 0. The first-order valence-corrected chi connectivity index (χ1v) is 13.0. The number of primary amides is 1. The van der Waals surface area contributed by atoms with Gasteiger partial charge in [-0.3, -0.25) is 9.59 Å². The summed E-state index contributed by atoms with van der Waals surface area (Å²) in [6.45, 7) is 0. The lowest BCUT2D eigenvalue weighted by Gasteiger charge is -2.37. The second-order valence-electron chi connectivity index (χ2n) is 9.50. The van der Waals surface area contributed by atoms with Crippen molar-refractivity contribution in [2.45, 2.75) is 17.4 Å². The van der Waals surface area contributed by atoms with E-state index in [1.54, 1.807) is 0 Å². The molecule has 0 radical (unpaired) electrons. The van der Waals surface area contributed by atoms with E-state index >= 15 is 0 Å². The van der Waals surface area contributed by atoms with Gasteiger partial charge >= 0.3 is 0 Å². The molecule has 3 N–H and O–H groups in total. The lowest BCUT2D eigenvalue weighted by Crippen LogP contribution is -2.55. The summed E-state index contributed by atoms with van der Waals surface area (Å²) < 4.78 is 0. The van der Waals surface area contributed by atoms with Crippen LogP contribution in [0.15, 0.2) is 152 Å². The van der Waals surface area contributed by atoms with Gasteiger partial charge in [0.05, 0.1) is 0 Å². The zero-order valence-electron chi connectivity index (χ0n) is 21.5. The van der Waals surface area contributed by atoms with Gasteiger partial charge in [-0.05, 0) is 27.8 Å². The van der Waals surface area contributed by atoms with Gasteiger partial charge < -0.3 is 11.1 Å². The smallest absolute Gasteiger partial charge is 0.240 e. The summed E-state index contributed by atoms with van der Waals surface area (Å²) in [6.07, 6.45) is 0. The minimum atomic E-state index is -1.23. The zero-order valence-corrected chi connectivity index (χ0v) is 21.5. The molecule has 0 aliphatic carbocycles. The molecule has 0 aliphatic heterocycles. The highest BCUT2D eigenvalue weighted by Gasteiger charge is 2.46. The van der Waals surface area contributed by atoms with Crippen LogP contribution in [0, 0.1) is 0 Å². The van der Waals surface area contributed by atoms with Crippen LogP contribution in [0.4, 0.5) is 0 Å². The van der Waals surface area contributed by atoms with Gasteiger partial charge in [0.1, 0.15) is 11.5 Å². The fourth-order valence-electron chi connectivity index (χ4n) is 5.42. The summed E-state index contributed by atoms with van der Waals surface area (Å²) in [5.41, 5.74) is 8.99. The zero-order chi connectivity index (χ0) is 27.1. The molecule has 0 fully saturated rings. The molecular weight excluding hydrogens is 480 g/mol. The second kappa shape index (κ2) is 11.6. The maximum absolute atomic E-state index is 14.8. The summed E-state index contributed by atoms with van der Waals surface area (Å²) in [5.74, 6) is -1.41. The predicted octanol–water partition coefficient (Wildman–Crippen LogP) is 5.82. The SMILES string of the molecule is NC(=O)[C@H](NC(=O)C(c1ccccc1)(c1ccccc1)c1ccccc1)C(c1ccccc1)c1ccccc1. The molecule has 0 heterocycles. The van der Waals surface area contributed by atoms with Gasteiger partial charge in [0, 0.05) is 5.92 Å². The molecule has 5 aromatic carbocycles. The number of rotatable bonds is 9. The van der Waals surface area contributed by atoms with Gasteiger partial charge in [0.25, 0.3) is 0 Å². The molecular formula is C35H30N2O2. The van der Waals surface area contributed by atoms with Crippen LogP contribution >= 0.6 is 0 Å². The third-order valence-corrected chi connectivity index (χ3v) is 7.20. The number of benzene rings is 5. The predicted molar refractivity (Wildman–Crippen MR) is 155 cm³/mol. The highest BCUT2D eigenvalue weighted by atomic mass is 16.2. The Labute approximate surface area is 229 Å². The Balaban J connectivity index is 1.70. The molecule has 0 unspecified atom stereocenters. The standard InChI is InChI=1S/C35H30N2O2/c36-33(38)32(31(26-16-6-1-7-17-26)27-18-8-2-9-19-27)37-34(39)35(28-20-10-3-11-21-28,29-22-12-4-13-23-29)30-24-14-5-15-25-30/h1-25,31-32H,(H2,36,38)(H,37,39)/t32-/m1/s1. The minimum absolute atomic E-state index is 0.327. The van der Waals surface area contributed by atoms with Crippen LogP contribution in [0.2, 0.25) is 0 Å². The Morgan fingerprint density at radius 2 is 0.821 bits per heavy atom. The van der Waals surface area contributed by atoms with Gasteiger partial charge in [0.15, 0.2) is 0 Å². The van der Waals surface area contributed by atoms with Crippen LogP contribution in [0.25, 0.3) is 0 Å². The quantitative estimate of drug-likeness (QED) is 0.245. The molecule has 0 aliphatic rings. The van der Waals surface area contributed by atoms with Crippen molar-refractivity contribution in [2.75, 3.05) is 0 Å². The summed E-state index contributed by atoms with van der Waals surface area (Å²) in [7, 11) is 0. The van der Waals surface area contributed by atoms with E-state index < -0.39 is 23.3 Å². The van der Waals surface area contributed by atoms with Crippen molar-refractivity contribution in [2.24, 2.45) is 5.73 Å². The molecule has 5 aromatic rings. The molecule has 0 saturated carbocycles. The summed E-state index contributed by atoms with van der Waals surface area (Å²) in [4.78, 5) is 28.0. The number of amides is 2. The number of nitrogens with one attached hydrogen (secondary N) is 1. The van der Waals surface area contributed by atoms with E-state index in [-0.39, 0.29) is 5.91 Å². The Hall–Kier alpha value is -4.96. The van der Waals surface area contributed by atoms with Crippen molar-refractivity contribution < 1.29 is 9.59 Å². The van der Waals surface area contributed by atoms with Gasteiger partial charge in [-0.2, -0.15) is 0 Å². The fraction of sp³-hybridized carbons (Fsp3) is 0.0857. The normalized spacial score (nSPS) is 12.0. The summed E-state index contributed by atoms with van der Waals surface area (Å²) in [5, 5.41) is 3.14. The van der Waals surface area contributed by atoms with Crippen LogP contribution in [0.3, 0.4) is 0 Å². The topological polar surface area (TPSA) is 72.2 Å². The van der Waals surface area contributed by atoms with Crippen molar-refractivity contribution >= 4 is 11.8 Å². The third kappa shape index (κ3) is 5.10. The first-order chi connectivity index (χ1) is 19.1. The van der Waals surface area contributed by atoms with Crippen LogP contribution in [0.1, 0.15) is 33.7 Å². The number of carbonyl (C=O) groups is 2. The van der Waals surface area contributed by atoms with Crippen LogP contribution in [0.5, 0.6) is 0 Å². The third-order valence-electron chi connectivity index (χ3n) is 7.20. The number of nitrogens with two attached hydrogens (primary N) is 1. The number of hydrogen-bond acceptors (Lipinski definition) is 2. The molecule has 5 rings (SSSR count). The van der Waals surface area contributed by atoms with Crippen molar-refractivity contribution in [1.29, 1.82) is 0 Å². The van der Waals surface area contributed by atoms with E-state index in [0.29, 0.717) is 0 Å². The molecule has 192 valence electrons. The Kier molecular flexibility index (Phi) is 7.65. The van der Waals surface area contributed by atoms with Crippen molar-refractivity contribution in [3.63, 3.8) is 0 Å². The molecule has 4 nitrogen and oxygen atoms in total. The number of hydrogen-bond donors (Lipinski definition) is 2. The van der Waals surface area contributed by atoms with E-state index in [4.69, 9.17) is 5.73 Å². The van der Waals surface area contributed by atoms with Crippen LogP contribution < -0.4 is 11.1 Å². The van der Waals surface area contributed by atoms with Gasteiger partial charge in [-0.25, -0.2) is 0 Å². The highest BCUT2D eigenvalue weighted by molar-refractivity contribution is 5.99. The minimum Gasteiger partial charge on any atom is -0.368 e. The maximum Gasteiger partial charge on any atom is 0.240 e. The van der Waals surface area contributed by atoms with Gasteiger partial charge in [-0.1, -0.05) is 152 Å². The molecule has 2 amide bonds. The van der Waals surface area contributed by atoms with E-state index in [2.05, 4.69) is 5.32 Å². The Bertz CT molecular complexity index is 1370. The Morgan fingerprint density at radius 3 is 1.13 bits per heavy atom. The first kappa shape index (κ1) is 25.7. The average Bonchev–Trinajstić information content (AvgIpc) is 3.00. The van der Waals surface area contributed by atoms with E-state index in [1.165, 1.54) is 0 Å². The van der Waals surface area contributed by atoms with E-state index in [0.717, 1.165) is 27.8 Å².